The molecule has 0 radical (unpaired) electrons. The molecule has 0 fully saturated rings. The van der Waals surface area contributed by atoms with E-state index in [0.717, 1.165) is 33.4 Å². The third kappa shape index (κ3) is 3.31. The van der Waals surface area contributed by atoms with Gasteiger partial charge in [0, 0.05) is 33.9 Å². The third-order valence-corrected chi connectivity index (χ3v) is 4.70. The predicted molar refractivity (Wildman–Crippen MR) is 104 cm³/mol. The normalized spacial score (nSPS) is 10.9. The molecule has 0 bridgehead atoms. The number of hydrogen-bond donors (Lipinski definition) is 1. The van der Waals surface area contributed by atoms with Crippen molar-refractivity contribution in [2.45, 2.75) is 13.5 Å². The van der Waals surface area contributed by atoms with Crippen molar-refractivity contribution in [1.82, 2.24) is 20.2 Å². The fourth-order valence-corrected chi connectivity index (χ4v) is 3.07. The maximum atomic E-state index is 6.37. The van der Waals surface area contributed by atoms with Gasteiger partial charge < -0.3 is 9.47 Å². The zero-order chi connectivity index (χ0) is 18.8. The first kappa shape index (κ1) is 17.3. The van der Waals surface area contributed by atoms with E-state index < -0.39 is 0 Å². The molecule has 7 heteroatoms. The van der Waals surface area contributed by atoms with E-state index in [0.29, 0.717) is 23.3 Å². The number of halogens is 1. The lowest BCUT2D eigenvalue weighted by Gasteiger charge is -2.15. The molecule has 4 aromatic rings. The van der Waals surface area contributed by atoms with E-state index in [4.69, 9.17) is 21.1 Å². The van der Waals surface area contributed by atoms with Gasteiger partial charge in [0.25, 0.3) is 0 Å². The molecule has 0 aliphatic carbocycles. The molecule has 1 N–H and O–H groups in total. The van der Waals surface area contributed by atoms with Gasteiger partial charge in [0.1, 0.15) is 18.1 Å². The molecule has 0 aliphatic rings. The number of fused-ring (bicyclic) bond motifs is 1. The number of aromatic nitrogens is 4. The third-order valence-electron chi connectivity index (χ3n) is 4.30. The Balaban J connectivity index is 1.73. The number of ether oxygens (including phenoxy) is 2. The summed E-state index contributed by atoms with van der Waals surface area (Å²) in [5, 5.41) is 8.81. The highest BCUT2D eigenvalue weighted by atomic mass is 35.5. The molecule has 3 aromatic heterocycles. The Morgan fingerprint density at radius 1 is 1.07 bits per heavy atom. The molecule has 1 aromatic carbocycles. The first-order valence-electron chi connectivity index (χ1n) is 8.37. The molecule has 0 saturated heterocycles. The Morgan fingerprint density at radius 2 is 1.89 bits per heavy atom. The number of nitrogens with one attached hydrogen (secondary N) is 1. The van der Waals surface area contributed by atoms with E-state index in [1.165, 1.54) is 0 Å². The summed E-state index contributed by atoms with van der Waals surface area (Å²) in [4.78, 5) is 8.53. The van der Waals surface area contributed by atoms with Gasteiger partial charge in [-0.15, -0.1) is 0 Å². The average Bonchev–Trinajstić information content (AvgIpc) is 3.11. The summed E-state index contributed by atoms with van der Waals surface area (Å²) in [6, 6.07) is 11.4. The van der Waals surface area contributed by atoms with Gasteiger partial charge in [-0.05, 0) is 48.9 Å². The molecule has 0 amide bonds. The maximum Gasteiger partial charge on any atom is 0.221 e. The van der Waals surface area contributed by atoms with E-state index in [1.54, 1.807) is 19.5 Å². The second-order valence-corrected chi connectivity index (χ2v) is 6.42. The molecule has 0 spiro atoms. The number of aryl methyl sites for hydroxylation is 1. The van der Waals surface area contributed by atoms with Crippen LogP contribution in [0.25, 0.3) is 22.2 Å². The van der Waals surface area contributed by atoms with E-state index in [2.05, 4.69) is 20.2 Å². The molecule has 6 nitrogen and oxygen atoms in total. The fraction of sp³-hybridized carbons (Fsp3) is 0.150. The minimum absolute atomic E-state index is 0.294. The van der Waals surface area contributed by atoms with Crippen LogP contribution in [-0.2, 0) is 6.61 Å². The van der Waals surface area contributed by atoms with Crippen molar-refractivity contribution in [2.75, 3.05) is 7.11 Å². The molecule has 0 saturated carbocycles. The lowest BCUT2D eigenvalue weighted by Crippen LogP contribution is -2.00. The average molecular weight is 381 g/mol. The number of aromatic amines is 1. The number of rotatable bonds is 5. The highest BCUT2D eigenvalue weighted by Crippen LogP contribution is 2.38. The Morgan fingerprint density at radius 3 is 2.74 bits per heavy atom. The van der Waals surface area contributed by atoms with Crippen LogP contribution in [0.5, 0.6) is 11.6 Å². The van der Waals surface area contributed by atoms with Crippen molar-refractivity contribution in [3.63, 3.8) is 0 Å². The van der Waals surface area contributed by atoms with Crippen molar-refractivity contribution in [3.8, 4) is 22.8 Å². The number of pyridine rings is 2. The highest BCUT2D eigenvalue weighted by molar-refractivity contribution is 6.31. The van der Waals surface area contributed by atoms with Gasteiger partial charge in [0.15, 0.2) is 5.65 Å². The van der Waals surface area contributed by atoms with Crippen LogP contribution < -0.4 is 9.47 Å². The summed E-state index contributed by atoms with van der Waals surface area (Å²) in [5.74, 6) is 1.19. The molecule has 27 heavy (non-hydrogen) atoms. The molecule has 0 atom stereocenters. The van der Waals surface area contributed by atoms with Crippen LogP contribution in [0.4, 0.5) is 0 Å². The quantitative estimate of drug-likeness (QED) is 0.549. The van der Waals surface area contributed by atoms with Crippen molar-refractivity contribution in [2.24, 2.45) is 0 Å². The fourth-order valence-electron chi connectivity index (χ4n) is 2.91. The number of hydrogen-bond acceptors (Lipinski definition) is 5. The molecular weight excluding hydrogens is 364 g/mol. The lowest BCUT2D eigenvalue weighted by atomic mass is 10.0. The minimum Gasteiger partial charge on any atom is -0.487 e. The van der Waals surface area contributed by atoms with Crippen LogP contribution in [-0.4, -0.2) is 27.3 Å². The highest BCUT2D eigenvalue weighted by Gasteiger charge is 2.16. The van der Waals surface area contributed by atoms with Gasteiger partial charge in [0.05, 0.1) is 7.11 Å². The van der Waals surface area contributed by atoms with Gasteiger partial charge in [-0.2, -0.15) is 5.10 Å². The number of H-pyrrole nitrogens is 1. The van der Waals surface area contributed by atoms with Crippen LogP contribution in [0, 0.1) is 6.92 Å². The van der Waals surface area contributed by atoms with Crippen LogP contribution >= 0.6 is 11.6 Å². The molecule has 0 aliphatic heterocycles. The minimum atomic E-state index is 0.294. The summed E-state index contributed by atoms with van der Waals surface area (Å²) in [7, 11) is 1.59. The molecular formula is C20H17ClN4O2. The van der Waals surface area contributed by atoms with E-state index in [9.17, 15) is 0 Å². The summed E-state index contributed by atoms with van der Waals surface area (Å²) in [6.07, 6.45) is 3.40. The van der Waals surface area contributed by atoms with Crippen molar-refractivity contribution >= 4 is 22.6 Å². The Kier molecular flexibility index (Phi) is 4.64. The van der Waals surface area contributed by atoms with Gasteiger partial charge >= 0.3 is 0 Å². The Bertz CT molecular complexity index is 1110. The standard InChI is InChI=1S/C20H17ClN4O2/c1-12-9-18(27-11-17-14-6-4-7-22-19(14)25-24-17)15(10-16(12)21)13-5-3-8-23-20(13)26-2/h3-10H,11H2,1-2H3,(H,22,24,25). The molecule has 0 unspecified atom stereocenters. The summed E-state index contributed by atoms with van der Waals surface area (Å²) >= 11 is 6.37. The molecule has 3 heterocycles. The summed E-state index contributed by atoms with van der Waals surface area (Å²) in [6.45, 7) is 2.23. The van der Waals surface area contributed by atoms with Gasteiger partial charge in [-0.25, -0.2) is 9.97 Å². The van der Waals surface area contributed by atoms with Crippen molar-refractivity contribution < 1.29 is 9.47 Å². The smallest absolute Gasteiger partial charge is 0.221 e. The molecule has 136 valence electrons. The van der Waals surface area contributed by atoms with E-state index >= 15 is 0 Å². The van der Waals surface area contributed by atoms with Crippen LogP contribution in [0.15, 0.2) is 48.8 Å². The van der Waals surface area contributed by atoms with Crippen LogP contribution in [0.1, 0.15) is 11.3 Å². The first-order chi connectivity index (χ1) is 13.2. The van der Waals surface area contributed by atoms with Crippen molar-refractivity contribution in [1.29, 1.82) is 0 Å². The van der Waals surface area contributed by atoms with Crippen LogP contribution in [0.2, 0.25) is 5.02 Å². The van der Waals surface area contributed by atoms with Gasteiger partial charge in [-0.1, -0.05) is 11.6 Å². The predicted octanol–water partition coefficient (Wildman–Crippen LogP) is 4.57. The van der Waals surface area contributed by atoms with Gasteiger partial charge in [-0.3, -0.25) is 5.10 Å². The Hall–Kier alpha value is -3.12. The SMILES string of the molecule is COc1ncccc1-c1cc(Cl)c(C)cc1OCc1n[nH]c2ncccc12. The molecule has 4 rings (SSSR count). The number of methoxy groups -OCH3 is 1. The first-order valence-corrected chi connectivity index (χ1v) is 8.75. The zero-order valence-corrected chi connectivity index (χ0v) is 15.6. The van der Waals surface area contributed by atoms with Gasteiger partial charge in [0.2, 0.25) is 5.88 Å². The number of nitrogens with zero attached hydrogens (tertiary/aromatic N) is 3. The number of benzene rings is 1. The van der Waals surface area contributed by atoms with Crippen molar-refractivity contribution in [3.05, 3.63) is 65.1 Å². The van der Waals surface area contributed by atoms with Crippen LogP contribution in [0.3, 0.4) is 0 Å². The topological polar surface area (TPSA) is 72.9 Å². The second-order valence-electron chi connectivity index (χ2n) is 6.02. The van der Waals surface area contributed by atoms with E-state index in [1.807, 2.05) is 43.3 Å². The maximum absolute atomic E-state index is 6.37. The summed E-state index contributed by atoms with van der Waals surface area (Å²) in [5.41, 5.74) is 4.07. The largest absolute Gasteiger partial charge is 0.487 e. The summed E-state index contributed by atoms with van der Waals surface area (Å²) < 4.78 is 11.5. The monoisotopic (exact) mass is 380 g/mol. The second kappa shape index (κ2) is 7.25. The Labute approximate surface area is 161 Å². The zero-order valence-electron chi connectivity index (χ0n) is 14.9. The lowest BCUT2D eigenvalue weighted by molar-refractivity contribution is 0.303. The van der Waals surface area contributed by atoms with E-state index in [-0.39, 0.29) is 0 Å².